The fourth-order valence-corrected chi connectivity index (χ4v) is 3.28. The fraction of sp³-hybridized carbons (Fsp3) is 0.800. The molecule has 2 aliphatic rings. The van der Waals surface area contributed by atoms with E-state index >= 15 is 0 Å². The van der Waals surface area contributed by atoms with Gasteiger partial charge in [0.05, 0.1) is 11.9 Å². The molecule has 0 aromatic rings. The second kappa shape index (κ2) is 5.05. The van der Waals surface area contributed by atoms with Crippen molar-refractivity contribution in [3.05, 3.63) is 0 Å². The highest BCUT2D eigenvalue weighted by molar-refractivity contribution is 7.99. The molecule has 0 spiro atoms. The largest absolute Gasteiger partial charge is 0.480 e. The maximum atomic E-state index is 12.1. The molecule has 0 aromatic heterocycles. The van der Waals surface area contributed by atoms with Gasteiger partial charge < -0.3 is 15.3 Å². The maximum Gasteiger partial charge on any atom is 0.327 e. The summed E-state index contributed by atoms with van der Waals surface area (Å²) in [6.45, 7) is 0.856. The zero-order valence-electron chi connectivity index (χ0n) is 9.02. The van der Waals surface area contributed by atoms with Crippen LogP contribution >= 0.6 is 11.8 Å². The molecule has 2 rings (SSSR count). The molecule has 2 atom stereocenters. The summed E-state index contributed by atoms with van der Waals surface area (Å²) in [5.41, 5.74) is 0. The van der Waals surface area contributed by atoms with E-state index < -0.39 is 12.0 Å². The van der Waals surface area contributed by atoms with Crippen molar-refractivity contribution in [3.8, 4) is 0 Å². The van der Waals surface area contributed by atoms with E-state index in [0.717, 1.165) is 25.8 Å². The predicted octanol–water partition coefficient (Wildman–Crippen LogP) is 0.115. The molecule has 2 heterocycles. The van der Waals surface area contributed by atoms with Gasteiger partial charge in [-0.2, -0.15) is 0 Å². The van der Waals surface area contributed by atoms with E-state index in [1.807, 2.05) is 0 Å². The van der Waals surface area contributed by atoms with Gasteiger partial charge in [0, 0.05) is 5.75 Å². The number of thioether (sulfide) groups is 1. The molecule has 0 saturated carbocycles. The van der Waals surface area contributed by atoms with Crippen molar-refractivity contribution in [1.82, 2.24) is 10.2 Å². The molecule has 16 heavy (non-hydrogen) atoms. The smallest absolute Gasteiger partial charge is 0.327 e. The number of carbonyl (C=O) groups is 2. The van der Waals surface area contributed by atoms with Gasteiger partial charge in [-0.3, -0.25) is 4.79 Å². The number of carboxylic acids is 1. The lowest BCUT2D eigenvalue weighted by Gasteiger charge is -2.29. The van der Waals surface area contributed by atoms with Crippen molar-refractivity contribution >= 4 is 23.6 Å². The van der Waals surface area contributed by atoms with Crippen LogP contribution in [0.4, 0.5) is 0 Å². The van der Waals surface area contributed by atoms with Crippen LogP contribution in [0.15, 0.2) is 0 Å². The average Bonchev–Trinajstić information content (AvgIpc) is 2.78. The van der Waals surface area contributed by atoms with Crippen molar-refractivity contribution in [2.75, 3.05) is 18.2 Å². The predicted molar refractivity (Wildman–Crippen MR) is 61.2 cm³/mol. The summed E-state index contributed by atoms with van der Waals surface area (Å²) in [5, 5.41) is 12.2. The number of piperidine rings is 1. The number of nitrogens with zero attached hydrogens (tertiary/aromatic N) is 1. The lowest BCUT2D eigenvalue weighted by Crippen LogP contribution is -2.52. The zero-order valence-corrected chi connectivity index (χ0v) is 9.83. The van der Waals surface area contributed by atoms with E-state index in [4.69, 9.17) is 5.11 Å². The van der Waals surface area contributed by atoms with Crippen LogP contribution in [0, 0.1) is 0 Å². The molecule has 1 amide bonds. The minimum atomic E-state index is -0.894. The molecule has 0 radical (unpaired) electrons. The van der Waals surface area contributed by atoms with Crippen LogP contribution in [-0.2, 0) is 9.59 Å². The molecule has 0 aromatic carbocycles. The number of rotatable bonds is 2. The standard InChI is InChI=1S/C10H16N2O3S/c13-9(7-3-1-2-4-11-7)12-6-16-5-8(12)10(14)15/h7-8,11H,1-6H2,(H,14,15)/t7-,8+/m1/s1. The van der Waals surface area contributed by atoms with E-state index in [2.05, 4.69) is 5.32 Å². The van der Waals surface area contributed by atoms with Gasteiger partial charge in [0.1, 0.15) is 6.04 Å². The van der Waals surface area contributed by atoms with E-state index in [1.54, 1.807) is 0 Å². The van der Waals surface area contributed by atoms with E-state index in [1.165, 1.54) is 16.7 Å². The molecule has 2 fully saturated rings. The third-order valence-corrected chi connectivity index (χ3v) is 4.07. The first-order valence-electron chi connectivity index (χ1n) is 5.54. The SMILES string of the molecule is O=C(O)[C@@H]1CSCN1C(=O)[C@H]1CCCCN1. The Morgan fingerprint density at radius 1 is 1.38 bits per heavy atom. The summed E-state index contributed by atoms with van der Waals surface area (Å²) < 4.78 is 0. The summed E-state index contributed by atoms with van der Waals surface area (Å²) >= 11 is 1.51. The summed E-state index contributed by atoms with van der Waals surface area (Å²) in [4.78, 5) is 24.6. The lowest BCUT2D eigenvalue weighted by atomic mass is 10.0. The van der Waals surface area contributed by atoms with Gasteiger partial charge in [0.15, 0.2) is 0 Å². The van der Waals surface area contributed by atoms with E-state index in [0.29, 0.717) is 11.6 Å². The molecule has 0 aliphatic carbocycles. The van der Waals surface area contributed by atoms with Crippen LogP contribution in [0.3, 0.4) is 0 Å². The first-order chi connectivity index (χ1) is 7.70. The summed E-state index contributed by atoms with van der Waals surface area (Å²) in [5.74, 6) is 0.0770. The Balaban J connectivity index is 1.99. The number of carbonyl (C=O) groups excluding carboxylic acids is 1. The van der Waals surface area contributed by atoms with Crippen LogP contribution in [0.5, 0.6) is 0 Å². The van der Waals surface area contributed by atoms with Crippen molar-refractivity contribution in [2.45, 2.75) is 31.3 Å². The van der Waals surface area contributed by atoms with Crippen LogP contribution in [0.25, 0.3) is 0 Å². The second-order valence-corrected chi connectivity index (χ2v) is 5.16. The summed E-state index contributed by atoms with van der Waals surface area (Å²) in [7, 11) is 0. The molecule has 5 nitrogen and oxygen atoms in total. The molecular formula is C10H16N2O3S. The van der Waals surface area contributed by atoms with Crippen molar-refractivity contribution in [2.24, 2.45) is 0 Å². The highest BCUT2D eigenvalue weighted by Crippen LogP contribution is 2.23. The Hall–Kier alpha value is -0.750. The molecule has 6 heteroatoms. The molecular weight excluding hydrogens is 228 g/mol. The Labute approximate surface area is 98.6 Å². The van der Waals surface area contributed by atoms with Crippen molar-refractivity contribution < 1.29 is 14.7 Å². The van der Waals surface area contributed by atoms with Crippen molar-refractivity contribution in [1.29, 1.82) is 0 Å². The van der Waals surface area contributed by atoms with Crippen LogP contribution in [0.2, 0.25) is 0 Å². The number of hydrogen-bond acceptors (Lipinski definition) is 4. The third-order valence-electron chi connectivity index (χ3n) is 3.06. The molecule has 2 saturated heterocycles. The Kier molecular flexibility index (Phi) is 3.70. The van der Waals surface area contributed by atoms with Gasteiger partial charge in [-0.05, 0) is 19.4 Å². The normalized spacial score (nSPS) is 30.4. The van der Waals surface area contributed by atoms with Crippen LogP contribution < -0.4 is 5.32 Å². The highest BCUT2D eigenvalue weighted by atomic mass is 32.2. The number of amides is 1. The molecule has 2 aliphatic heterocycles. The first-order valence-corrected chi connectivity index (χ1v) is 6.70. The minimum absolute atomic E-state index is 0.0444. The molecule has 90 valence electrons. The Bertz CT molecular complexity index is 292. The van der Waals surface area contributed by atoms with Crippen molar-refractivity contribution in [3.63, 3.8) is 0 Å². The molecule has 0 unspecified atom stereocenters. The Morgan fingerprint density at radius 3 is 2.81 bits per heavy atom. The van der Waals surface area contributed by atoms with Gasteiger partial charge in [0.25, 0.3) is 0 Å². The number of aliphatic carboxylic acids is 1. The quantitative estimate of drug-likeness (QED) is 0.722. The minimum Gasteiger partial charge on any atom is -0.480 e. The monoisotopic (exact) mass is 244 g/mol. The van der Waals surface area contributed by atoms with Gasteiger partial charge in [-0.25, -0.2) is 4.79 Å². The maximum absolute atomic E-state index is 12.1. The molecule has 2 N–H and O–H groups in total. The van der Waals surface area contributed by atoms with Gasteiger partial charge in [-0.1, -0.05) is 6.42 Å². The van der Waals surface area contributed by atoms with Gasteiger partial charge >= 0.3 is 5.97 Å². The summed E-state index contributed by atoms with van der Waals surface area (Å²) in [6, 6.07) is -0.810. The number of carboxylic acid groups (broad SMARTS) is 1. The first kappa shape index (κ1) is 11.7. The average molecular weight is 244 g/mol. The third kappa shape index (κ3) is 2.32. The number of nitrogens with one attached hydrogen (secondary N) is 1. The van der Waals surface area contributed by atoms with Crippen LogP contribution in [0.1, 0.15) is 19.3 Å². The highest BCUT2D eigenvalue weighted by Gasteiger charge is 2.37. The van der Waals surface area contributed by atoms with Gasteiger partial charge in [0.2, 0.25) is 5.91 Å². The van der Waals surface area contributed by atoms with E-state index in [-0.39, 0.29) is 11.9 Å². The topological polar surface area (TPSA) is 69.6 Å². The number of hydrogen-bond donors (Lipinski definition) is 2. The lowest BCUT2D eigenvalue weighted by molar-refractivity contribution is -0.148. The van der Waals surface area contributed by atoms with Crippen LogP contribution in [-0.4, -0.2) is 52.1 Å². The van der Waals surface area contributed by atoms with E-state index in [9.17, 15) is 9.59 Å². The fourth-order valence-electron chi connectivity index (χ4n) is 2.13. The zero-order chi connectivity index (χ0) is 11.5. The second-order valence-electron chi connectivity index (χ2n) is 4.16. The summed E-state index contributed by atoms with van der Waals surface area (Å²) in [6.07, 6.45) is 2.97. The van der Waals surface area contributed by atoms with Gasteiger partial charge in [-0.15, -0.1) is 11.8 Å². The molecule has 0 bridgehead atoms. The Morgan fingerprint density at radius 2 is 2.19 bits per heavy atom.